The van der Waals surface area contributed by atoms with E-state index >= 15 is 0 Å². The fourth-order valence-corrected chi connectivity index (χ4v) is 3.95. The van der Waals surface area contributed by atoms with Gasteiger partial charge in [0.25, 0.3) is 0 Å². The number of amides is 1. The van der Waals surface area contributed by atoms with E-state index in [0.717, 1.165) is 62.4 Å². The number of aryl methyl sites for hydroxylation is 1. The van der Waals surface area contributed by atoms with Gasteiger partial charge >= 0.3 is 0 Å². The van der Waals surface area contributed by atoms with Crippen LogP contribution in [0.1, 0.15) is 30.1 Å². The zero-order valence-electron chi connectivity index (χ0n) is 15.6. The third kappa shape index (κ3) is 4.31. The van der Waals surface area contributed by atoms with Gasteiger partial charge in [0.05, 0.1) is 6.10 Å². The SMILES string of the molecule is O=C1CCc2cc(C(O)CCN3CCN(c4ccccc4)CC3)ccc2N1. The Labute approximate surface area is 160 Å². The van der Waals surface area contributed by atoms with E-state index < -0.39 is 6.10 Å². The first-order valence-electron chi connectivity index (χ1n) is 9.82. The predicted molar refractivity (Wildman–Crippen MR) is 108 cm³/mol. The summed E-state index contributed by atoms with van der Waals surface area (Å²) in [5.74, 6) is 0.0745. The largest absolute Gasteiger partial charge is 0.388 e. The molecular formula is C22H27N3O2. The van der Waals surface area contributed by atoms with Gasteiger partial charge in [-0.15, -0.1) is 0 Å². The molecule has 4 rings (SSSR count). The van der Waals surface area contributed by atoms with Crippen molar-refractivity contribution in [2.45, 2.75) is 25.4 Å². The van der Waals surface area contributed by atoms with Gasteiger partial charge in [-0.1, -0.05) is 30.3 Å². The number of carbonyl (C=O) groups excluding carboxylic acids is 1. The minimum absolute atomic E-state index is 0.0745. The molecule has 1 unspecified atom stereocenters. The summed E-state index contributed by atoms with van der Waals surface area (Å²) in [6, 6.07) is 16.5. The lowest BCUT2D eigenvalue weighted by molar-refractivity contribution is -0.116. The molecule has 0 aromatic heterocycles. The van der Waals surface area contributed by atoms with E-state index in [9.17, 15) is 9.90 Å². The molecule has 2 aromatic carbocycles. The van der Waals surface area contributed by atoms with Crippen molar-refractivity contribution < 1.29 is 9.90 Å². The highest BCUT2D eigenvalue weighted by Crippen LogP contribution is 2.27. The fraction of sp³-hybridized carbons (Fsp3) is 0.409. The zero-order valence-corrected chi connectivity index (χ0v) is 15.6. The predicted octanol–water partition coefficient (Wildman–Crippen LogP) is 2.82. The first kappa shape index (κ1) is 18.0. The lowest BCUT2D eigenvalue weighted by Gasteiger charge is -2.36. The van der Waals surface area contributed by atoms with E-state index in [1.807, 2.05) is 18.2 Å². The Morgan fingerprint density at radius 1 is 1.00 bits per heavy atom. The Morgan fingerprint density at radius 2 is 1.78 bits per heavy atom. The lowest BCUT2D eigenvalue weighted by Crippen LogP contribution is -2.46. The molecule has 1 saturated heterocycles. The smallest absolute Gasteiger partial charge is 0.224 e. The fourth-order valence-electron chi connectivity index (χ4n) is 3.95. The molecule has 0 bridgehead atoms. The minimum Gasteiger partial charge on any atom is -0.388 e. The van der Waals surface area contributed by atoms with Gasteiger partial charge in [-0.2, -0.15) is 0 Å². The molecule has 2 aromatic rings. The third-order valence-electron chi connectivity index (χ3n) is 5.62. The summed E-state index contributed by atoms with van der Waals surface area (Å²) in [6.45, 7) is 5.00. The number of aliphatic hydroxyl groups excluding tert-OH is 1. The maximum Gasteiger partial charge on any atom is 0.224 e. The van der Waals surface area contributed by atoms with E-state index in [1.165, 1.54) is 5.69 Å². The number of fused-ring (bicyclic) bond motifs is 1. The Balaban J connectivity index is 1.28. The van der Waals surface area contributed by atoms with Gasteiger partial charge in [0.15, 0.2) is 0 Å². The third-order valence-corrected chi connectivity index (χ3v) is 5.62. The second kappa shape index (κ2) is 8.11. The summed E-state index contributed by atoms with van der Waals surface area (Å²) in [7, 11) is 0. The number of hydrogen-bond donors (Lipinski definition) is 2. The van der Waals surface area contributed by atoms with Gasteiger partial charge in [0, 0.05) is 50.5 Å². The Hall–Kier alpha value is -2.37. The van der Waals surface area contributed by atoms with Crippen LogP contribution in [0.15, 0.2) is 48.5 Å². The zero-order chi connectivity index (χ0) is 18.6. The van der Waals surface area contributed by atoms with Crippen molar-refractivity contribution in [2.75, 3.05) is 42.9 Å². The molecule has 2 heterocycles. The number of aliphatic hydroxyl groups is 1. The van der Waals surface area contributed by atoms with E-state index in [0.29, 0.717) is 6.42 Å². The monoisotopic (exact) mass is 365 g/mol. The van der Waals surface area contributed by atoms with Gasteiger partial charge in [-0.25, -0.2) is 0 Å². The highest BCUT2D eigenvalue weighted by molar-refractivity contribution is 5.93. The quantitative estimate of drug-likeness (QED) is 0.856. The molecule has 142 valence electrons. The molecule has 1 fully saturated rings. The maximum atomic E-state index is 11.5. The number of rotatable bonds is 5. The van der Waals surface area contributed by atoms with Crippen LogP contribution in [0.4, 0.5) is 11.4 Å². The number of benzene rings is 2. The number of nitrogens with zero attached hydrogens (tertiary/aromatic N) is 2. The Bertz CT molecular complexity index is 785. The van der Waals surface area contributed by atoms with Crippen LogP contribution >= 0.6 is 0 Å². The van der Waals surface area contributed by atoms with Crippen LogP contribution in [-0.2, 0) is 11.2 Å². The van der Waals surface area contributed by atoms with Gasteiger partial charge in [0.2, 0.25) is 5.91 Å². The van der Waals surface area contributed by atoms with Crippen molar-refractivity contribution in [2.24, 2.45) is 0 Å². The molecule has 2 aliphatic heterocycles. The topological polar surface area (TPSA) is 55.8 Å². The van der Waals surface area contributed by atoms with E-state index in [-0.39, 0.29) is 5.91 Å². The van der Waals surface area contributed by atoms with Crippen molar-refractivity contribution in [3.63, 3.8) is 0 Å². The Morgan fingerprint density at radius 3 is 2.56 bits per heavy atom. The van der Waals surface area contributed by atoms with Gasteiger partial charge in [-0.3, -0.25) is 9.69 Å². The van der Waals surface area contributed by atoms with Crippen molar-refractivity contribution in [1.82, 2.24) is 4.90 Å². The van der Waals surface area contributed by atoms with Crippen molar-refractivity contribution in [3.8, 4) is 0 Å². The number of nitrogens with one attached hydrogen (secondary N) is 1. The molecule has 1 atom stereocenters. The summed E-state index contributed by atoms with van der Waals surface area (Å²) in [5, 5.41) is 13.5. The molecule has 2 N–H and O–H groups in total. The van der Waals surface area contributed by atoms with Crippen LogP contribution in [0.5, 0.6) is 0 Å². The van der Waals surface area contributed by atoms with E-state index in [2.05, 4.69) is 45.4 Å². The molecule has 5 nitrogen and oxygen atoms in total. The Kier molecular flexibility index (Phi) is 5.41. The second-order valence-corrected chi connectivity index (χ2v) is 7.43. The summed E-state index contributed by atoms with van der Waals surface area (Å²) in [4.78, 5) is 16.3. The minimum atomic E-state index is -0.458. The van der Waals surface area contributed by atoms with Crippen LogP contribution in [0.2, 0.25) is 0 Å². The second-order valence-electron chi connectivity index (χ2n) is 7.43. The molecule has 0 saturated carbocycles. The number of piperazine rings is 1. The highest BCUT2D eigenvalue weighted by atomic mass is 16.3. The summed E-state index contributed by atoms with van der Waals surface area (Å²) in [6.07, 6.45) is 1.55. The molecular weight excluding hydrogens is 338 g/mol. The number of carbonyl (C=O) groups is 1. The van der Waals surface area contributed by atoms with Crippen molar-refractivity contribution in [3.05, 3.63) is 59.7 Å². The molecule has 0 radical (unpaired) electrons. The van der Waals surface area contributed by atoms with Crippen LogP contribution in [0.25, 0.3) is 0 Å². The van der Waals surface area contributed by atoms with E-state index in [4.69, 9.17) is 0 Å². The number of para-hydroxylation sites is 1. The van der Waals surface area contributed by atoms with Crippen molar-refractivity contribution >= 4 is 17.3 Å². The van der Waals surface area contributed by atoms with E-state index in [1.54, 1.807) is 0 Å². The molecule has 0 spiro atoms. The molecule has 0 aliphatic carbocycles. The lowest BCUT2D eigenvalue weighted by atomic mass is 9.97. The number of anilines is 2. The first-order chi connectivity index (χ1) is 13.2. The van der Waals surface area contributed by atoms with Gasteiger partial charge in [-0.05, 0) is 42.2 Å². The standard InChI is InChI=1S/C22H27N3O2/c26-21(18-6-8-20-17(16-18)7-9-22(27)23-20)10-11-24-12-14-25(15-13-24)19-4-2-1-3-5-19/h1-6,8,16,21,26H,7,9-15H2,(H,23,27). The normalized spacial score (nSPS) is 18.7. The molecule has 5 heteroatoms. The summed E-state index contributed by atoms with van der Waals surface area (Å²) < 4.78 is 0. The van der Waals surface area contributed by atoms with Crippen molar-refractivity contribution in [1.29, 1.82) is 0 Å². The molecule has 2 aliphatic rings. The highest BCUT2D eigenvalue weighted by Gasteiger charge is 2.20. The van der Waals surface area contributed by atoms with Crippen LogP contribution in [0.3, 0.4) is 0 Å². The summed E-state index contributed by atoms with van der Waals surface area (Å²) in [5.41, 5.74) is 4.26. The summed E-state index contributed by atoms with van der Waals surface area (Å²) >= 11 is 0. The van der Waals surface area contributed by atoms with Gasteiger partial charge in [0.1, 0.15) is 0 Å². The first-order valence-corrected chi connectivity index (χ1v) is 9.82. The van der Waals surface area contributed by atoms with Gasteiger partial charge < -0.3 is 15.3 Å². The molecule has 1 amide bonds. The average molecular weight is 365 g/mol. The van der Waals surface area contributed by atoms with Crippen LogP contribution in [0, 0.1) is 0 Å². The number of hydrogen-bond acceptors (Lipinski definition) is 4. The average Bonchev–Trinajstić information content (AvgIpc) is 2.72. The van der Waals surface area contributed by atoms with Crippen LogP contribution in [-0.4, -0.2) is 48.6 Å². The maximum absolute atomic E-state index is 11.5. The van der Waals surface area contributed by atoms with Crippen LogP contribution < -0.4 is 10.2 Å². The molecule has 27 heavy (non-hydrogen) atoms.